The molecule has 0 radical (unpaired) electrons. The van der Waals surface area contributed by atoms with Crippen molar-refractivity contribution in [1.82, 2.24) is 4.31 Å². The maximum absolute atomic E-state index is 12.8. The van der Waals surface area contributed by atoms with Crippen LogP contribution in [0.1, 0.15) is 32.1 Å². The predicted molar refractivity (Wildman–Crippen MR) is 103 cm³/mol. The van der Waals surface area contributed by atoms with Crippen molar-refractivity contribution in [1.29, 1.82) is 0 Å². The first-order valence-corrected chi connectivity index (χ1v) is 11.4. The lowest BCUT2D eigenvalue weighted by Gasteiger charge is -2.36. The molecule has 4 rings (SSSR count). The van der Waals surface area contributed by atoms with Crippen molar-refractivity contribution in [2.75, 3.05) is 31.6 Å². The number of amides is 1. The Morgan fingerprint density at radius 1 is 1.11 bits per heavy atom. The van der Waals surface area contributed by atoms with E-state index in [2.05, 4.69) is 5.32 Å². The van der Waals surface area contributed by atoms with Gasteiger partial charge in [-0.25, -0.2) is 8.42 Å². The average molecular weight is 407 g/mol. The van der Waals surface area contributed by atoms with Gasteiger partial charge in [0.05, 0.1) is 18.1 Å². The molecule has 2 saturated carbocycles. The van der Waals surface area contributed by atoms with Crippen LogP contribution in [0.5, 0.6) is 0 Å². The SMILES string of the molecule is O=C(Nc1cccc(S(=O)(=O)N2CCOCC2)c1)C1CC2CCCC(C1)C2=O. The second kappa shape index (κ2) is 7.93. The molecule has 1 amide bonds. The molecule has 2 bridgehead atoms. The number of sulfonamides is 1. The molecule has 2 unspecified atom stereocenters. The first kappa shape index (κ1) is 19.5. The summed E-state index contributed by atoms with van der Waals surface area (Å²) in [6.07, 6.45) is 4.04. The fourth-order valence-corrected chi connectivity index (χ4v) is 6.06. The van der Waals surface area contributed by atoms with Crippen molar-refractivity contribution in [2.45, 2.75) is 37.0 Å². The number of anilines is 1. The average Bonchev–Trinajstić information content (AvgIpc) is 2.68. The summed E-state index contributed by atoms with van der Waals surface area (Å²) in [7, 11) is -3.61. The molecule has 1 aromatic carbocycles. The van der Waals surface area contributed by atoms with Crippen LogP contribution in [0.4, 0.5) is 5.69 Å². The van der Waals surface area contributed by atoms with E-state index in [1.54, 1.807) is 18.2 Å². The van der Waals surface area contributed by atoms with Crippen LogP contribution in [-0.4, -0.2) is 50.7 Å². The molecule has 8 heteroatoms. The van der Waals surface area contributed by atoms with E-state index in [0.29, 0.717) is 50.6 Å². The third kappa shape index (κ3) is 3.86. The third-order valence-electron chi connectivity index (χ3n) is 6.13. The highest BCUT2D eigenvalue weighted by Crippen LogP contribution is 2.40. The zero-order chi connectivity index (χ0) is 19.7. The summed E-state index contributed by atoms with van der Waals surface area (Å²) in [6.45, 7) is 1.44. The van der Waals surface area contributed by atoms with Crippen molar-refractivity contribution in [3.63, 3.8) is 0 Å². The van der Waals surface area contributed by atoms with Crippen molar-refractivity contribution in [2.24, 2.45) is 17.8 Å². The van der Waals surface area contributed by atoms with E-state index >= 15 is 0 Å². The Morgan fingerprint density at radius 2 is 1.79 bits per heavy atom. The summed E-state index contributed by atoms with van der Waals surface area (Å²) in [4.78, 5) is 25.2. The van der Waals surface area contributed by atoms with Crippen LogP contribution in [0.2, 0.25) is 0 Å². The fraction of sp³-hybridized carbons (Fsp3) is 0.600. The van der Waals surface area contributed by atoms with Crippen LogP contribution in [-0.2, 0) is 24.3 Å². The lowest BCUT2D eigenvalue weighted by atomic mass is 9.67. The minimum Gasteiger partial charge on any atom is -0.379 e. The van der Waals surface area contributed by atoms with Gasteiger partial charge in [-0.2, -0.15) is 4.31 Å². The van der Waals surface area contributed by atoms with Gasteiger partial charge in [0.15, 0.2) is 0 Å². The molecular weight excluding hydrogens is 380 g/mol. The van der Waals surface area contributed by atoms with Crippen LogP contribution < -0.4 is 5.32 Å². The van der Waals surface area contributed by atoms with E-state index in [1.165, 1.54) is 10.4 Å². The van der Waals surface area contributed by atoms with Gasteiger partial charge in [0.25, 0.3) is 0 Å². The summed E-state index contributed by atoms with van der Waals surface area (Å²) in [5.74, 6) is 0.0410. The Labute approximate surface area is 165 Å². The Balaban J connectivity index is 1.46. The van der Waals surface area contributed by atoms with Crippen molar-refractivity contribution in [3.8, 4) is 0 Å². The highest BCUT2D eigenvalue weighted by Gasteiger charge is 2.41. The van der Waals surface area contributed by atoms with Gasteiger partial charge >= 0.3 is 0 Å². The minimum atomic E-state index is -3.61. The normalized spacial score (nSPS) is 28.7. The van der Waals surface area contributed by atoms with Gasteiger partial charge in [-0.3, -0.25) is 9.59 Å². The summed E-state index contributed by atoms with van der Waals surface area (Å²) in [5.41, 5.74) is 0.474. The molecule has 7 nitrogen and oxygen atoms in total. The number of ether oxygens (including phenoxy) is 1. The van der Waals surface area contributed by atoms with Crippen LogP contribution in [0, 0.1) is 17.8 Å². The second-order valence-electron chi connectivity index (χ2n) is 7.93. The molecule has 1 N–H and O–H groups in total. The van der Waals surface area contributed by atoms with Crippen molar-refractivity contribution >= 4 is 27.4 Å². The van der Waals surface area contributed by atoms with Crippen LogP contribution >= 0.6 is 0 Å². The molecule has 1 heterocycles. The van der Waals surface area contributed by atoms with E-state index in [-0.39, 0.29) is 28.6 Å². The molecule has 3 fully saturated rings. The van der Waals surface area contributed by atoms with Crippen LogP contribution in [0.15, 0.2) is 29.2 Å². The number of rotatable bonds is 4. The third-order valence-corrected chi connectivity index (χ3v) is 8.02. The molecule has 2 atom stereocenters. The highest BCUT2D eigenvalue weighted by molar-refractivity contribution is 7.89. The van der Waals surface area contributed by atoms with Gasteiger partial charge in [-0.1, -0.05) is 12.5 Å². The summed E-state index contributed by atoms with van der Waals surface area (Å²) < 4.78 is 32.3. The lowest BCUT2D eigenvalue weighted by molar-refractivity contribution is -0.136. The lowest BCUT2D eigenvalue weighted by Crippen LogP contribution is -2.41. The van der Waals surface area contributed by atoms with E-state index in [1.807, 2.05) is 0 Å². The zero-order valence-electron chi connectivity index (χ0n) is 15.8. The number of morpholine rings is 1. The highest BCUT2D eigenvalue weighted by atomic mass is 32.2. The summed E-state index contributed by atoms with van der Waals surface area (Å²) in [6, 6.07) is 6.40. The van der Waals surface area contributed by atoms with Gasteiger partial charge in [-0.05, 0) is 43.9 Å². The Morgan fingerprint density at radius 3 is 2.46 bits per heavy atom. The topological polar surface area (TPSA) is 92.8 Å². The molecule has 1 saturated heterocycles. The molecule has 0 aromatic heterocycles. The van der Waals surface area contributed by atoms with Crippen LogP contribution in [0.3, 0.4) is 0 Å². The number of benzene rings is 1. The van der Waals surface area contributed by atoms with Gasteiger partial charge in [0.1, 0.15) is 5.78 Å². The maximum Gasteiger partial charge on any atom is 0.243 e. The number of ketones is 1. The summed E-state index contributed by atoms with van der Waals surface area (Å²) in [5, 5.41) is 2.87. The first-order chi connectivity index (χ1) is 13.4. The number of hydrogen-bond donors (Lipinski definition) is 1. The Bertz CT molecular complexity index is 847. The molecular formula is C20H26N2O5S. The van der Waals surface area contributed by atoms with E-state index in [4.69, 9.17) is 4.74 Å². The zero-order valence-corrected chi connectivity index (χ0v) is 16.6. The van der Waals surface area contributed by atoms with Crippen LogP contribution in [0.25, 0.3) is 0 Å². The molecule has 28 heavy (non-hydrogen) atoms. The number of Topliss-reactive ketones (excluding diaryl/α,β-unsaturated/α-hetero) is 1. The molecule has 2 aliphatic carbocycles. The number of carbonyl (C=O) groups excluding carboxylic acids is 2. The fourth-order valence-electron chi connectivity index (χ4n) is 4.61. The Kier molecular flexibility index (Phi) is 5.53. The van der Waals surface area contributed by atoms with E-state index < -0.39 is 10.0 Å². The number of hydrogen-bond acceptors (Lipinski definition) is 5. The molecule has 3 aliphatic rings. The first-order valence-electron chi connectivity index (χ1n) is 9.97. The standard InChI is InChI=1S/C20H26N2O5S/c23-19-14-3-1-4-15(19)12-16(11-14)20(24)21-17-5-2-6-18(13-17)28(25,26)22-7-9-27-10-8-22/h2,5-6,13-16H,1,3-4,7-12H2,(H,21,24). The molecule has 0 spiro atoms. The number of carbonyl (C=O) groups is 2. The smallest absolute Gasteiger partial charge is 0.243 e. The predicted octanol–water partition coefficient (Wildman–Crippen LogP) is 2.04. The molecule has 1 aliphatic heterocycles. The number of nitrogens with one attached hydrogen (secondary N) is 1. The molecule has 1 aromatic rings. The van der Waals surface area contributed by atoms with Crippen molar-refractivity contribution < 1.29 is 22.7 Å². The van der Waals surface area contributed by atoms with Gasteiger partial charge in [0, 0.05) is 36.5 Å². The number of fused-ring (bicyclic) bond motifs is 2. The maximum atomic E-state index is 12.8. The number of nitrogens with zero attached hydrogens (tertiary/aromatic N) is 1. The summed E-state index contributed by atoms with van der Waals surface area (Å²) >= 11 is 0. The molecule has 152 valence electrons. The van der Waals surface area contributed by atoms with E-state index in [9.17, 15) is 18.0 Å². The quantitative estimate of drug-likeness (QED) is 0.826. The Hall–Kier alpha value is -1.77. The van der Waals surface area contributed by atoms with Gasteiger partial charge in [0.2, 0.25) is 15.9 Å². The van der Waals surface area contributed by atoms with Crippen molar-refractivity contribution in [3.05, 3.63) is 24.3 Å². The second-order valence-corrected chi connectivity index (χ2v) is 9.87. The van der Waals surface area contributed by atoms with E-state index in [0.717, 1.165) is 19.3 Å². The van der Waals surface area contributed by atoms with Gasteiger partial charge in [-0.15, -0.1) is 0 Å². The largest absolute Gasteiger partial charge is 0.379 e. The monoisotopic (exact) mass is 406 g/mol. The van der Waals surface area contributed by atoms with Gasteiger partial charge < -0.3 is 10.1 Å². The minimum absolute atomic E-state index is 0.0104.